The molecule has 18 heavy (non-hydrogen) atoms. The van der Waals surface area contributed by atoms with Crippen molar-refractivity contribution in [2.24, 2.45) is 7.05 Å². The second-order valence-corrected chi connectivity index (χ2v) is 4.33. The van der Waals surface area contributed by atoms with E-state index in [1.54, 1.807) is 23.9 Å². The number of benzene rings is 1. The van der Waals surface area contributed by atoms with Crippen LogP contribution in [0, 0.1) is 0 Å². The zero-order chi connectivity index (χ0) is 13.1. The summed E-state index contributed by atoms with van der Waals surface area (Å²) in [6.45, 7) is 3.86. The topological polar surface area (TPSA) is 72.7 Å². The molecule has 0 spiro atoms. The summed E-state index contributed by atoms with van der Waals surface area (Å²) in [5, 5.41) is 14.1. The van der Waals surface area contributed by atoms with Gasteiger partial charge in [-0.3, -0.25) is 4.79 Å². The van der Waals surface area contributed by atoms with Crippen molar-refractivity contribution in [1.29, 1.82) is 0 Å². The highest BCUT2D eigenvalue weighted by Gasteiger charge is 2.09. The van der Waals surface area contributed by atoms with Crippen LogP contribution in [-0.4, -0.2) is 32.2 Å². The number of carbonyl (C=O) groups excluding carboxylic acids is 1. The number of hydrogen-bond acceptors (Lipinski definition) is 4. The van der Waals surface area contributed by atoms with Gasteiger partial charge in [-0.1, -0.05) is 12.1 Å². The van der Waals surface area contributed by atoms with Gasteiger partial charge < -0.3 is 5.32 Å². The van der Waals surface area contributed by atoms with Crippen molar-refractivity contribution in [3.63, 3.8) is 0 Å². The summed E-state index contributed by atoms with van der Waals surface area (Å²) >= 11 is 0. The summed E-state index contributed by atoms with van der Waals surface area (Å²) in [4.78, 5) is 11.8. The fraction of sp³-hybridized carbons (Fsp3) is 0.333. The average Bonchev–Trinajstić information content (AvgIpc) is 2.75. The zero-order valence-corrected chi connectivity index (χ0v) is 10.6. The minimum atomic E-state index is -0.0763. The molecule has 6 nitrogen and oxygen atoms in total. The lowest BCUT2D eigenvalue weighted by atomic mass is 10.1. The van der Waals surface area contributed by atoms with Gasteiger partial charge in [-0.25, -0.2) is 4.68 Å². The van der Waals surface area contributed by atoms with Gasteiger partial charge in [-0.05, 0) is 36.4 Å². The first kappa shape index (κ1) is 12.2. The van der Waals surface area contributed by atoms with Gasteiger partial charge in [-0.2, -0.15) is 0 Å². The SMILES string of the molecule is CC(C)NC(=O)c1ccc(-c2nnnn2C)cc1. The van der Waals surface area contributed by atoms with E-state index in [1.807, 2.05) is 26.0 Å². The molecule has 0 aliphatic carbocycles. The van der Waals surface area contributed by atoms with Crippen molar-refractivity contribution in [3.8, 4) is 11.4 Å². The van der Waals surface area contributed by atoms with E-state index in [0.29, 0.717) is 11.4 Å². The number of nitrogens with zero attached hydrogens (tertiary/aromatic N) is 4. The van der Waals surface area contributed by atoms with Crippen LogP contribution >= 0.6 is 0 Å². The Bertz CT molecular complexity index is 544. The standard InChI is InChI=1S/C12H15N5O/c1-8(2)13-12(18)10-6-4-9(5-7-10)11-14-15-16-17(11)3/h4-8H,1-3H3,(H,13,18). The molecule has 94 valence electrons. The predicted molar refractivity (Wildman–Crippen MR) is 66.8 cm³/mol. The molecule has 2 rings (SSSR count). The third-order valence-corrected chi connectivity index (χ3v) is 2.45. The largest absolute Gasteiger partial charge is 0.350 e. The zero-order valence-electron chi connectivity index (χ0n) is 10.6. The van der Waals surface area contributed by atoms with Crippen LogP contribution in [0.15, 0.2) is 24.3 Å². The molecule has 0 atom stereocenters. The summed E-state index contributed by atoms with van der Waals surface area (Å²) in [6, 6.07) is 7.32. The van der Waals surface area contributed by atoms with Crippen molar-refractivity contribution in [2.75, 3.05) is 0 Å². The summed E-state index contributed by atoms with van der Waals surface area (Å²) < 4.78 is 1.59. The molecule has 0 aliphatic rings. The highest BCUT2D eigenvalue weighted by molar-refractivity contribution is 5.94. The maximum absolute atomic E-state index is 11.8. The number of hydrogen-bond donors (Lipinski definition) is 1. The molecule has 0 radical (unpaired) electrons. The quantitative estimate of drug-likeness (QED) is 0.876. The van der Waals surface area contributed by atoms with Crippen LogP contribution in [0.4, 0.5) is 0 Å². The van der Waals surface area contributed by atoms with Crippen LogP contribution in [0.2, 0.25) is 0 Å². The van der Waals surface area contributed by atoms with Crippen molar-refractivity contribution in [2.45, 2.75) is 19.9 Å². The summed E-state index contributed by atoms with van der Waals surface area (Å²) in [5.41, 5.74) is 1.51. The number of amides is 1. The van der Waals surface area contributed by atoms with Crippen molar-refractivity contribution in [3.05, 3.63) is 29.8 Å². The van der Waals surface area contributed by atoms with Crippen LogP contribution < -0.4 is 5.32 Å². The molecule has 0 unspecified atom stereocenters. The van der Waals surface area contributed by atoms with Gasteiger partial charge in [0.1, 0.15) is 0 Å². The van der Waals surface area contributed by atoms with Crippen LogP contribution in [0.25, 0.3) is 11.4 Å². The number of carbonyl (C=O) groups is 1. The Balaban J connectivity index is 2.21. The molecule has 1 N–H and O–H groups in total. The molecule has 1 heterocycles. The third kappa shape index (κ3) is 2.53. The minimum absolute atomic E-state index is 0.0763. The molecule has 0 aliphatic heterocycles. The number of aryl methyl sites for hydroxylation is 1. The molecule has 1 amide bonds. The maximum atomic E-state index is 11.8. The van der Waals surface area contributed by atoms with Crippen molar-refractivity contribution in [1.82, 2.24) is 25.5 Å². The van der Waals surface area contributed by atoms with Crippen LogP contribution in [0.1, 0.15) is 24.2 Å². The van der Waals surface area contributed by atoms with Gasteiger partial charge >= 0.3 is 0 Å². The van der Waals surface area contributed by atoms with Crippen LogP contribution in [0.5, 0.6) is 0 Å². The van der Waals surface area contributed by atoms with Gasteiger partial charge in [0, 0.05) is 24.2 Å². The Labute approximate surface area is 105 Å². The van der Waals surface area contributed by atoms with Gasteiger partial charge in [0.05, 0.1) is 0 Å². The Kier molecular flexibility index (Phi) is 3.36. The molecule has 0 fully saturated rings. The van der Waals surface area contributed by atoms with E-state index in [9.17, 15) is 4.79 Å². The van der Waals surface area contributed by atoms with E-state index >= 15 is 0 Å². The monoisotopic (exact) mass is 245 g/mol. The number of nitrogens with one attached hydrogen (secondary N) is 1. The smallest absolute Gasteiger partial charge is 0.251 e. The van der Waals surface area contributed by atoms with Gasteiger partial charge in [0.15, 0.2) is 5.82 Å². The Hall–Kier alpha value is -2.24. The van der Waals surface area contributed by atoms with E-state index in [1.165, 1.54) is 0 Å². The molecule has 0 saturated heterocycles. The van der Waals surface area contributed by atoms with E-state index in [2.05, 4.69) is 20.8 Å². The number of rotatable bonds is 3. The van der Waals surface area contributed by atoms with Gasteiger partial charge in [0.2, 0.25) is 0 Å². The summed E-state index contributed by atoms with van der Waals surface area (Å²) in [7, 11) is 1.77. The second-order valence-electron chi connectivity index (χ2n) is 4.33. The number of tetrazole rings is 1. The Morgan fingerprint density at radius 1 is 1.28 bits per heavy atom. The van der Waals surface area contributed by atoms with Gasteiger partial charge in [-0.15, -0.1) is 5.10 Å². The van der Waals surface area contributed by atoms with E-state index < -0.39 is 0 Å². The van der Waals surface area contributed by atoms with E-state index in [-0.39, 0.29) is 11.9 Å². The molecule has 2 aromatic rings. The molecule has 1 aromatic heterocycles. The lowest BCUT2D eigenvalue weighted by Gasteiger charge is -2.08. The molecular weight excluding hydrogens is 230 g/mol. The molecule has 1 aromatic carbocycles. The Morgan fingerprint density at radius 3 is 2.44 bits per heavy atom. The summed E-state index contributed by atoms with van der Waals surface area (Å²) in [6.07, 6.45) is 0. The molecular formula is C12H15N5O. The highest BCUT2D eigenvalue weighted by atomic mass is 16.1. The van der Waals surface area contributed by atoms with Crippen molar-refractivity contribution >= 4 is 5.91 Å². The van der Waals surface area contributed by atoms with Crippen LogP contribution in [-0.2, 0) is 7.05 Å². The highest BCUT2D eigenvalue weighted by Crippen LogP contribution is 2.15. The van der Waals surface area contributed by atoms with E-state index in [4.69, 9.17) is 0 Å². The molecule has 0 bridgehead atoms. The third-order valence-electron chi connectivity index (χ3n) is 2.45. The molecule has 0 saturated carbocycles. The first-order valence-corrected chi connectivity index (χ1v) is 5.71. The fourth-order valence-electron chi connectivity index (χ4n) is 1.59. The predicted octanol–water partition coefficient (Wildman–Crippen LogP) is 1.02. The van der Waals surface area contributed by atoms with Crippen molar-refractivity contribution < 1.29 is 4.79 Å². The normalized spacial score (nSPS) is 10.7. The first-order valence-electron chi connectivity index (χ1n) is 5.71. The maximum Gasteiger partial charge on any atom is 0.251 e. The summed E-state index contributed by atoms with van der Waals surface area (Å²) in [5.74, 6) is 0.596. The number of aromatic nitrogens is 4. The van der Waals surface area contributed by atoms with Gasteiger partial charge in [0.25, 0.3) is 5.91 Å². The first-order chi connectivity index (χ1) is 8.58. The molecule has 6 heteroatoms. The van der Waals surface area contributed by atoms with E-state index in [0.717, 1.165) is 5.56 Å². The lowest BCUT2D eigenvalue weighted by Crippen LogP contribution is -2.29. The van der Waals surface area contributed by atoms with Crippen LogP contribution in [0.3, 0.4) is 0 Å². The fourth-order valence-corrected chi connectivity index (χ4v) is 1.59. The second kappa shape index (κ2) is 4.95. The average molecular weight is 245 g/mol. The Morgan fingerprint density at radius 2 is 1.94 bits per heavy atom. The minimum Gasteiger partial charge on any atom is -0.350 e. The lowest BCUT2D eigenvalue weighted by molar-refractivity contribution is 0.0943.